The van der Waals surface area contributed by atoms with Gasteiger partial charge in [-0.1, -0.05) is 0 Å². The molecule has 1 aliphatic carbocycles. The van der Waals surface area contributed by atoms with Crippen LogP contribution in [0.1, 0.15) is 44.8 Å². The molecule has 0 atom stereocenters. The van der Waals surface area contributed by atoms with E-state index in [4.69, 9.17) is 5.11 Å². The number of carbonyl (C=O) groups is 2. The first-order chi connectivity index (χ1) is 12.1. The van der Waals surface area contributed by atoms with Crippen LogP contribution in [0, 0.1) is 0 Å². The molecule has 1 aliphatic rings. The number of aryl methyl sites for hydroxylation is 2. The largest absolute Gasteiger partial charge is 0.478 e. The molecule has 1 heterocycles. The van der Waals surface area contributed by atoms with Crippen LogP contribution in [0.25, 0.3) is 10.9 Å². The number of carboxylic acids is 1. The van der Waals surface area contributed by atoms with Crippen LogP contribution in [-0.2, 0) is 12.8 Å². The highest BCUT2D eigenvalue weighted by molar-refractivity contribution is 6.06. The molecule has 3 aromatic rings. The zero-order valence-electron chi connectivity index (χ0n) is 13.6. The van der Waals surface area contributed by atoms with Gasteiger partial charge in [-0.3, -0.25) is 4.79 Å². The quantitative estimate of drug-likeness (QED) is 0.677. The van der Waals surface area contributed by atoms with E-state index in [2.05, 4.69) is 10.3 Å². The Morgan fingerprint density at radius 2 is 1.68 bits per heavy atom. The zero-order chi connectivity index (χ0) is 17.4. The van der Waals surface area contributed by atoms with Crippen LogP contribution < -0.4 is 5.32 Å². The number of amides is 1. The molecule has 0 saturated heterocycles. The van der Waals surface area contributed by atoms with Crippen LogP contribution in [0.5, 0.6) is 0 Å². The number of hydrogen-bond donors (Lipinski definition) is 3. The number of carbonyl (C=O) groups excluding carboxylic acids is 1. The van der Waals surface area contributed by atoms with Crippen molar-refractivity contribution in [3.63, 3.8) is 0 Å². The number of hydrogen-bond acceptors (Lipinski definition) is 2. The summed E-state index contributed by atoms with van der Waals surface area (Å²) in [6, 6.07) is 11.8. The average Bonchev–Trinajstić information content (AvgIpc) is 3.00. The third kappa shape index (κ3) is 2.89. The average molecular weight is 334 g/mol. The van der Waals surface area contributed by atoms with Crippen molar-refractivity contribution in [3.8, 4) is 0 Å². The van der Waals surface area contributed by atoms with Crippen molar-refractivity contribution in [2.45, 2.75) is 25.7 Å². The lowest BCUT2D eigenvalue weighted by atomic mass is 9.95. The van der Waals surface area contributed by atoms with Crippen LogP contribution in [-0.4, -0.2) is 22.0 Å². The van der Waals surface area contributed by atoms with Gasteiger partial charge in [-0.25, -0.2) is 4.79 Å². The zero-order valence-corrected chi connectivity index (χ0v) is 13.6. The minimum Gasteiger partial charge on any atom is -0.478 e. The third-order valence-electron chi connectivity index (χ3n) is 4.75. The SMILES string of the molecule is O=C(O)c1ccc(NC(=O)c2ccc3[nH]c4c(c3c2)CCCC4)cc1. The van der Waals surface area contributed by atoms with E-state index in [1.54, 1.807) is 12.1 Å². The number of aromatic carboxylic acids is 1. The maximum absolute atomic E-state index is 12.5. The van der Waals surface area contributed by atoms with E-state index in [0.29, 0.717) is 11.3 Å². The van der Waals surface area contributed by atoms with Crippen LogP contribution in [0.15, 0.2) is 42.5 Å². The topological polar surface area (TPSA) is 82.2 Å². The lowest BCUT2D eigenvalue weighted by molar-refractivity contribution is 0.0696. The summed E-state index contributed by atoms with van der Waals surface area (Å²) in [6.45, 7) is 0. The van der Waals surface area contributed by atoms with Crippen LogP contribution in [0.2, 0.25) is 0 Å². The summed E-state index contributed by atoms with van der Waals surface area (Å²) in [4.78, 5) is 26.9. The molecule has 2 aromatic carbocycles. The standard InChI is InChI=1S/C20H18N2O3/c23-19(21-14-8-5-12(6-9-14)20(24)25)13-7-10-18-16(11-13)15-3-1-2-4-17(15)22-18/h5-11,22H,1-4H2,(H,21,23)(H,24,25). The number of anilines is 1. The molecule has 1 amide bonds. The number of benzene rings is 2. The van der Waals surface area contributed by atoms with Gasteiger partial charge < -0.3 is 15.4 Å². The molecule has 4 rings (SSSR count). The van der Waals surface area contributed by atoms with Gasteiger partial charge in [0.25, 0.3) is 5.91 Å². The number of aromatic amines is 1. The van der Waals surface area contributed by atoms with Crippen LogP contribution >= 0.6 is 0 Å². The summed E-state index contributed by atoms with van der Waals surface area (Å²) in [5, 5.41) is 12.9. The van der Waals surface area contributed by atoms with Crippen molar-refractivity contribution < 1.29 is 14.7 Å². The van der Waals surface area contributed by atoms with Crippen LogP contribution in [0.3, 0.4) is 0 Å². The first-order valence-electron chi connectivity index (χ1n) is 8.40. The fraction of sp³-hybridized carbons (Fsp3) is 0.200. The molecular formula is C20H18N2O3. The molecule has 0 radical (unpaired) electrons. The van der Waals surface area contributed by atoms with Gasteiger partial charge in [0, 0.05) is 27.8 Å². The second-order valence-electron chi connectivity index (χ2n) is 6.39. The maximum atomic E-state index is 12.5. The summed E-state index contributed by atoms with van der Waals surface area (Å²) in [6.07, 6.45) is 4.52. The van der Waals surface area contributed by atoms with E-state index < -0.39 is 5.97 Å². The Balaban J connectivity index is 1.60. The fourth-order valence-electron chi connectivity index (χ4n) is 3.45. The predicted octanol–water partition coefficient (Wildman–Crippen LogP) is 4.00. The van der Waals surface area contributed by atoms with E-state index in [-0.39, 0.29) is 11.5 Å². The van der Waals surface area contributed by atoms with Gasteiger partial charge in [0.15, 0.2) is 0 Å². The van der Waals surface area contributed by atoms with Crippen molar-refractivity contribution >= 4 is 28.5 Å². The van der Waals surface area contributed by atoms with Crippen LogP contribution in [0.4, 0.5) is 5.69 Å². The molecule has 0 bridgehead atoms. The monoisotopic (exact) mass is 334 g/mol. The highest BCUT2D eigenvalue weighted by atomic mass is 16.4. The molecule has 5 heteroatoms. The van der Waals surface area contributed by atoms with Crippen molar-refractivity contribution in [1.82, 2.24) is 4.98 Å². The smallest absolute Gasteiger partial charge is 0.335 e. The first kappa shape index (κ1) is 15.4. The highest BCUT2D eigenvalue weighted by Crippen LogP contribution is 2.29. The summed E-state index contributed by atoms with van der Waals surface area (Å²) < 4.78 is 0. The van der Waals surface area contributed by atoms with Crippen molar-refractivity contribution in [2.75, 3.05) is 5.32 Å². The van der Waals surface area contributed by atoms with Gasteiger partial charge >= 0.3 is 5.97 Å². The number of rotatable bonds is 3. The second-order valence-corrected chi connectivity index (χ2v) is 6.39. The van der Waals surface area contributed by atoms with Crippen molar-refractivity contribution in [3.05, 3.63) is 64.8 Å². The van der Waals surface area contributed by atoms with E-state index in [0.717, 1.165) is 23.7 Å². The molecule has 5 nitrogen and oxygen atoms in total. The van der Waals surface area contributed by atoms with Gasteiger partial charge in [0.05, 0.1) is 5.56 Å². The Bertz CT molecular complexity index is 971. The highest BCUT2D eigenvalue weighted by Gasteiger charge is 2.17. The maximum Gasteiger partial charge on any atom is 0.335 e. The van der Waals surface area contributed by atoms with Gasteiger partial charge in [-0.2, -0.15) is 0 Å². The Labute approximate surface area is 144 Å². The van der Waals surface area contributed by atoms with Gasteiger partial charge in [-0.05, 0) is 73.7 Å². The molecule has 0 spiro atoms. The first-order valence-corrected chi connectivity index (χ1v) is 8.40. The van der Waals surface area contributed by atoms with E-state index in [9.17, 15) is 9.59 Å². The van der Waals surface area contributed by atoms with Gasteiger partial charge in [0.2, 0.25) is 0 Å². The molecule has 126 valence electrons. The molecule has 0 aliphatic heterocycles. The van der Waals surface area contributed by atoms with E-state index in [1.165, 1.54) is 36.2 Å². The molecule has 3 N–H and O–H groups in total. The minimum absolute atomic E-state index is 0.193. The molecule has 0 fully saturated rings. The fourth-order valence-corrected chi connectivity index (χ4v) is 3.45. The number of nitrogens with one attached hydrogen (secondary N) is 2. The summed E-state index contributed by atoms with van der Waals surface area (Å²) >= 11 is 0. The third-order valence-corrected chi connectivity index (χ3v) is 4.75. The Kier molecular flexibility index (Phi) is 3.76. The van der Waals surface area contributed by atoms with Crippen molar-refractivity contribution in [1.29, 1.82) is 0 Å². The molecular weight excluding hydrogens is 316 g/mol. The number of aromatic nitrogens is 1. The Morgan fingerprint density at radius 1 is 0.960 bits per heavy atom. The normalized spacial score (nSPS) is 13.4. The van der Waals surface area contributed by atoms with E-state index >= 15 is 0 Å². The Hall–Kier alpha value is -3.08. The van der Waals surface area contributed by atoms with Gasteiger partial charge in [0.1, 0.15) is 0 Å². The molecule has 0 saturated carbocycles. The summed E-state index contributed by atoms with van der Waals surface area (Å²) in [5.74, 6) is -1.18. The second kappa shape index (κ2) is 6.09. The molecule has 25 heavy (non-hydrogen) atoms. The minimum atomic E-state index is -0.986. The predicted molar refractivity (Wildman–Crippen MR) is 96.3 cm³/mol. The van der Waals surface area contributed by atoms with Gasteiger partial charge in [-0.15, -0.1) is 0 Å². The number of H-pyrrole nitrogens is 1. The summed E-state index contributed by atoms with van der Waals surface area (Å²) in [7, 11) is 0. The molecule has 0 unspecified atom stereocenters. The molecule has 1 aromatic heterocycles. The summed E-state index contributed by atoms with van der Waals surface area (Å²) in [5.41, 5.74) is 5.07. The lowest BCUT2D eigenvalue weighted by Crippen LogP contribution is -2.12. The number of fused-ring (bicyclic) bond motifs is 3. The Morgan fingerprint density at radius 3 is 2.44 bits per heavy atom. The number of carboxylic acid groups (broad SMARTS) is 1. The lowest BCUT2D eigenvalue weighted by Gasteiger charge is -2.10. The van der Waals surface area contributed by atoms with E-state index in [1.807, 2.05) is 18.2 Å². The van der Waals surface area contributed by atoms with Crippen molar-refractivity contribution in [2.24, 2.45) is 0 Å².